The lowest BCUT2D eigenvalue weighted by molar-refractivity contribution is 0.0893. The lowest BCUT2D eigenvalue weighted by Gasteiger charge is -2.30. The number of hydrogen-bond donors (Lipinski definition) is 0. The minimum absolute atomic E-state index is 0.191. The summed E-state index contributed by atoms with van der Waals surface area (Å²) >= 11 is 5.81. The molecule has 0 bridgehead atoms. The molecule has 3 heteroatoms. The van der Waals surface area contributed by atoms with E-state index in [9.17, 15) is 4.79 Å². The lowest BCUT2D eigenvalue weighted by atomic mass is 9.99. The van der Waals surface area contributed by atoms with E-state index in [0.717, 1.165) is 18.7 Å². The topological polar surface area (TPSA) is 20.3 Å². The van der Waals surface area contributed by atoms with Gasteiger partial charge in [0.25, 0.3) is 0 Å². The largest absolute Gasteiger partial charge is 0.296 e. The third-order valence-electron chi connectivity index (χ3n) is 3.27. The fourth-order valence-electron chi connectivity index (χ4n) is 2.36. The summed E-state index contributed by atoms with van der Waals surface area (Å²) in [6.45, 7) is 4.87. The predicted molar refractivity (Wildman–Crippen MR) is 70.6 cm³/mol. The maximum Gasteiger partial charge on any atom is 0.176 e. The molecule has 0 radical (unpaired) electrons. The smallest absolute Gasteiger partial charge is 0.176 e. The molecule has 1 aromatic carbocycles. The number of piperidine rings is 1. The van der Waals surface area contributed by atoms with E-state index in [4.69, 9.17) is 11.6 Å². The Bertz CT molecular complexity index is 388. The minimum atomic E-state index is 0.191. The van der Waals surface area contributed by atoms with Crippen molar-refractivity contribution in [1.82, 2.24) is 4.90 Å². The van der Waals surface area contributed by atoms with Crippen molar-refractivity contribution in [2.24, 2.45) is 5.92 Å². The van der Waals surface area contributed by atoms with Crippen LogP contribution >= 0.6 is 11.6 Å². The van der Waals surface area contributed by atoms with Crippen LogP contribution in [-0.4, -0.2) is 30.3 Å². The second-order valence-corrected chi connectivity index (χ2v) is 5.35. The fourth-order valence-corrected chi connectivity index (χ4v) is 2.49. The molecular weight excluding hydrogens is 234 g/mol. The van der Waals surface area contributed by atoms with E-state index in [1.54, 1.807) is 24.3 Å². The number of carbonyl (C=O) groups excluding carboxylic acids is 1. The van der Waals surface area contributed by atoms with Crippen LogP contribution in [-0.2, 0) is 0 Å². The van der Waals surface area contributed by atoms with E-state index >= 15 is 0 Å². The molecule has 17 heavy (non-hydrogen) atoms. The average molecular weight is 252 g/mol. The van der Waals surface area contributed by atoms with Gasteiger partial charge in [0, 0.05) is 17.1 Å². The van der Waals surface area contributed by atoms with Crippen molar-refractivity contribution in [3.63, 3.8) is 0 Å². The number of ketones is 1. The fraction of sp³-hybridized carbons (Fsp3) is 0.500. The van der Waals surface area contributed by atoms with Gasteiger partial charge in [-0.05, 0) is 49.6 Å². The first-order valence-electron chi connectivity index (χ1n) is 6.16. The molecule has 1 fully saturated rings. The number of carbonyl (C=O) groups is 1. The van der Waals surface area contributed by atoms with Gasteiger partial charge in [0.2, 0.25) is 0 Å². The van der Waals surface area contributed by atoms with Gasteiger partial charge in [-0.3, -0.25) is 9.69 Å². The van der Waals surface area contributed by atoms with Crippen molar-refractivity contribution in [3.05, 3.63) is 34.9 Å². The maximum absolute atomic E-state index is 12.0. The first-order chi connectivity index (χ1) is 8.15. The van der Waals surface area contributed by atoms with Crippen LogP contribution in [0.1, 0.15) is 30.1 Å². The molecule has 2 nitrogen and oxygen atoms in total. The van der Waals surface area contributed by atoms with Gasteiger partial charge in [-0.1, -0.05) is 18.5 Å². The number of halogens is 1. The van der Waals surface area contributed by atoms with Crippen molar-refractivity contribution in [2.75, 3.05) is 19.6 Å². The zero-order valence-electron chi connectivity index (χ0n) is 10.2. The quantitative estimate of drug-likeness (QED) is 0.769. The number of nitrogens with zero attached hydrogens (tertiary/aromatic N) is 1. The van der Waals surface area contributed by atoms with Crippen LogP contribution in [0.25, 0.3) is 0 Å². The summed E-state index contributed by atoms with van der Waals surface area (Å²) < 4.78 is 0. The highest BCUT2D eigenvalue weighted by Gasteiger charge is 2.18. The molecule has 1 aliphatic rings. The van der Waals surface area contributed by atoms with Gasteiger partial charge in [-0.15, -0.1) is 0 Å². The van der Waals surface area contributed by atoms with E-state index < -0.39 is 0 Å². The van der Waals surface area contributed by atoms with Crippen LogP contribution in [0.3, 0.4) is 0 Å². The molecule has 1 saturated heterocycles. The molecule has 1 heterocycles. The molecule has 92 valence electrons. The van der Waals surface area contributed by atoms with Gasteiger partial charge >= 0.3 is 0 Å². The van der Waals surface area contributed by atoms with Gasteiger partial charge < -0.3 is 0 Å². The van der Waals surface area contributed by atoms with E-state index in [2.05, 4.69) is 11.8 Å². The molecule has 1 unspecified atom stereocenters. The van der Waals surface area contributed by atoms with E-state index in [-0.39, 0.29) is 5.78 Å². The summed E-state index contributed by atoms with van der Waals surface area (Å²) in [6.07, 6.45) is 2.49. The van der Waals surface area contributed by atoms with E-state index in [1.807, 2.05) is 0 Å². The number of rotatable bonds is 3. The molecule has 0 aromatic heterocycles. The summed E-state index contributed by atoms with van der Waals surface area (Å²) in [5.41, 5.74) is 0.757. The monoisotopic (exact) mass is 251 g/mol. The van der Waals surface area contributed by atoms with Crippen LogP contribution in [0.5, 0.6) is 0 Å². The van der Waals surface area contributed by atoms with Gasteiger partial charge in [0.15, 0.2) is 5.78 Å². The van der Waals surface area contributed by atoms with Crippen molar-refractivity contribution < 1.29 is 4.79 Å². The Balaban J connectivity index is 1.94. The number of likely N-dealkylation sites (tertiary alicyclic amines) is 1. The van der Waals surface area contributed by atoms with E-state index in [1.165, 1.54) is 12.8 Å². The molecule has 2 rings (SSSR count). The van der Waals surface area contributed by atoms with Crippen LogP contribution in [0.15, 0.2) is 24.3 Å². The highest BCUT2D eigenvalue weighted by atomic mass is 35.5. The predicted octanol–water partition coefficient (Wildman–Crippen LogP) is 3.25. The Hall–Kier alpha value is -0.860. The number of hydrogen-bond acceptors (Lipinski definition) is 2. The standard InChI is InChI=1S/C14H18ClNO/c1-11-3-2-8-16(9-11)10-14(17)12-4-6-13(15)7-5-12/h4-7,11H,2-3,8-10H2,1H3. The molecule has 0 N–H and O–H groups in total. The number of Topliss-reactive ketones (excluding diaryl/α,β-unsaturated/α-hetero) is 1. The molecule has 1 aliphatic heterocycles. The third-order valence-corrected chi connectivity index (χ3v) is 3.53. The second-order valence-electron chi connectivity index (χ2n) is 4.91. The molecule has 1 atom stereocenters. The molecular formula is C14H18ClNO. The summed E-state index contributed by atoms with van der Waals surface area (Å²) in [5.74, 6) is 0.900. The van der Waals surface area contributed by atoms with Crippen LogP contribution in [0.2, 0.25) is 5.02 Å². The Morgan fingerprint density at radius 2 is 2.12 bits per heavy atom. The Morgan fingerprint density at radius 1 is 1.41 bits per heavy atom. The van der Waals surface area contributed by atoms with Gasteiger partial charge in [-0.2, -0.15) is 0 Å². The Labute approximate surface area is 108 Å². The zero-order valence-corrected chi connectivity index (χ0v) is 10.9. The van der Waals surface area contributed by atoms with Crippen LogP contribution in [0.4, 0.5) is 0 Å². The van der Waals surface area contributed by atoms with Crippen molar-refractivity contribution in [1.29, 1.82) is 0 Å². The van der Waals surface area contributed by atoms with Gasteiger partial charge in [-0.25, -0.2) is 0 Å². The Kier molecular flexibility index (Phi) is 4.19. The highest BCUT2D eigenvalue weighted by molar-refractivity contribution is 6.30. The van der Waals surface area contributed by atoms with Crippen molar-refractivity contribution >= 4 is 17.4 Å². The first kappa shape index (κ1) is 12.6. The zero-order chi connectivity index (χ0) is 12.3. The minimum Gasteiger partial charge on any atom is -0.296 e. The highest BCUT2D eigenvalue weighted by Crippen LogP contribution is 2.16. The average Bonchev–Trinajstić information content (AvgIpc) is 2.29. The summed E-state index contributed by atoms with van der Waals surface area (Å²) in [6, 6.07) is 7.15. The molecule has 0 aliphatic carbocycles. The SMILES string of the molecule is CC1CCCN(CC(=O)c2ccc(Cl)cc2)C1. The normalized spacial score (nSPS) is 21.4. The third kappa shape index (κ3) is 3.55. The lowest BCUT2D eigenvalue weighted by Crippen LogP contribution is -2.37. The summed E-state index contributed by atoms with van der Waals surface area (Å²) in [5, 5.41) is 0.674. The molecule has 1 aromatic rings. The van der Waals surface area contributed by atoms with Crippen LogP contribution < -0.4 is 0 Å². The van der Waals surface area contributed by atoms with Crippen LogP contribution in [0, 0.1) is 5.92 Å². The number of benzene rings is 1. The van der Waals surface area contributed by atoms with Gasteiger partial charge in [0.1, 0.15) is 0 Å². The summed E-state index contributed by atoms with van der Waals surface area (Å²) in [4.78, 5) is 14.3. The summed E-state index contributed by atoms with van der Waals surface area (Å²) in [7, 11) is 0. The molecule has 0 saturated carbocycles. The molecule has 0 spiro atoms. The molecule has 0 amide bonds. The van der Waals surface area contributed by atoms with Gasteiger partial charge in [0.05, 0.1) is 6.54 Å². The Morgan fingerprint density at radius 3 is 2.76 bits per heavy atom. The first-order valence-corrected chi connectivity index (χ1v) is 6.54. The van der Waals surface area contributed by atoms with Crippen molar-refractivity contribution in [3.8, 4) is 0 Å². The van der Waals surface area contributed by atoms with Crippen molar-refractivity contribution in [2.45, 2.75) is 19.8 Å². The maximum atomic E-state index is 12.0. The second kappa shape index (κ2) is 5.65. The van der Waals surface area contributed by atoms with E-state index in [0.29, 0.717) is 17.5 Å².